The Morgan fingerprint density at radius 2 is 1.93 bits per heavy atom. The van der Waals surface area contributed by atoms with E-state index in [0.717, 1.165) is 43.1 Å². The van der Waals surface area contributed by atoms with Gasteiger partial charge in [-0.25, -0.2) is 0 Å². The lowest BCUT2D eigenvalue weighted by atomic mass is 10.1. The van der Waals surface area contributed by atoms with Gasteiger partial charge in [0.1, 0.15) is 11.6 Å². The molecule has 0 saturated heterocycles. The van der Waals surface area contributed by atoms with E-state index in [1.807, 2.05) is 60.4 Å². The molecule has 2 aromatic rings. The molecule has 0 unspecified atom stereocenters. The SMILES string of the molecule is Br.CCOc1ccc(C(=O)CN(C2=NCCCCC2)c2cccc(Cl)c2)cc1. The third-order valence-electron chi connectivity index (χ3n) is 4.57. The second kappa shape index (κ2) is 11.2. The van der Waals surface area contributed by atoms with E-state index >= 15 is 0 Å². The quantitative estimate of drug-likeness (QED) is 0.493. The van der Waals surface area contributed by atoms with Crippen LogP contribution in [0.5, 0.6) is 5.75 Å². The molecule has 0 N–H and O–H groups in total. The molecule has 0 atom stereocenters. The number of nitrogens with zero attached hydrogens (tertiary/aromatic N) is 2. The van der Waals surface area contributed by atoms with Gasteiger partial charge in [-0.05, 0) is 62.2 Å². The zero-order valence-electron chi connectivity index (χ0n) is 16.1. The molecule has 1 aliphatic heterocycles. The first-order valence-electron chi connectivity index (χ1n) is 9.50. The summed E-state index contributed by atoms with van der Waals surface area (Å²) in [4.78, 5) is 19.7. The molecule has 1 aliphatic rings. The maximum atomic E-state index is 12.9. The number of anilines is 1. The van der Waals surface area contributed by atoms with Crippen LogP contribution in [0.15, 0.2) is 53.5 Å². The Bertz CT molecular complexity index is 808. The number of ketones is 1. The van der Waals surface area contributed by atoms with E-state index in [9.17, 15) is 4.79 Å². The number of ether oxygens (including phenoxy) is 1. The number of carbonyl (C=O) groups is 1. The molecular weight excluding hydrogens is 440 g/mol. The number of amidine groups is 1. The highest BCUT2D eigenvalue weighted by Gasteiger charge is 2.19. The van der Waals surface area contributed by atoms with Gasteiger partial charge < -0.3 is 9.64 Å². The molecule has 4 nitrogen and oxygen atoms in total. The molecule has 0 spiro atoms. The van der Waals surface area contributed by atoms with Crippen LogP contribution < -0.4 is 9.64 Å². The molecule has 0 bridgehead atoms. The third-order valence-corrected chi connectivity index (χ3v) is 4.81. The first-order chi connectivity index (χ1) is 13.2. The van der Waals surface area contributed by atoms with Crippen LogP contribution in [0.1, 0.15) is 43.0 Å². The second-order valence-corrected chi connectivity index (χ2v) is 6.99. The molecule has 28 heavy (non-hydrogen) atoms. The Labute approximate surface area is 182 Å². The van der Waals surface area contributed by atoms with E-state index in [2.05, 4.69) is 0 Å². The highest BCUT2D eigenvalue weighted by molar-refractivity contribution is 8.93. The van der Waals surface area contributed by atoms with Crippen LogP contribution in [0.4, 0.5) is 5.69 Å². The Kier molecular flexibility index (Phi) is 9.00. The van der Waals surface area contributed by atoms with Crippen LogP contribution in [0.2, 0.25) is 5.02 Å². The van der Waals surface area contributed by atoms with Crippen LogP contribution in [0.25, 0.3) is 0 Å². The first kappa shape index (κ1) is 22.4. The van der Waals surface area contributed by atoms with Gasteiger partial charge in [-0.15, -0.1) is 17.0 Å². The summed E-state index contributed by atoms with van der Waals surface area (Å²) in [6.45, 7) is 3.60. The fraction of sp³-hybridized carbons (Fsp3) is 0.364. The molecule has 6 heteroatoms. The summed E-state index contributed by atoms with van der Waals surface area (Å²) in [5, 5.41) is 0.653. The normalized spacial score (nSPS) is 13.7. The van der Waals surface area contributed by atoms with Crippen molar-refractivity contribution in [1.82, 2.24) is 0 Å². The van der Waals surface area contributed by atoms with E-state index in [4.69, 9.17) is 21.3 Å². The fourth-order valence-corrected chi connectivity index (χ4v) is 3.38. The smallest absolute Gasteiger partial charge is 0.182 e. The summed E-state index contributed by atoms with van der Waals surface area (Å²) in [5.74, 6) is 1.79. The number of carbonyl (C=O) groups excluding carboxylic acids is 1. The van der Waals surface area contributed by atoms with E-state index in [1.54, 1.807) is 0 Å². The van der Waals surface area contributed by atoms with Gasteiger partial charge in [-0.1, -0.05) is 24.1 Å². The maximum absolute atomic E-state index is 12.9. The Hall–Kier alpha value is -1.85. The summed E-state index contributed by atoms with van der Waals surface area (Å²) in [6, 6.07) is 14.9. The monoisotopic (exact) mass is 464 g/mol. The summed E-state index contributed by atoms with van der Waals surface area (Å²) < 4.78 is 5.46. The average molecular weight is 466 g/mol. The predicted molar refractivity (Wildman–Crippen MR) is 122 cm³/mol. The number of benzene rings is 2. The summed E-state index contributed by atoms with van der Waals surface area (Å²) >= 11 is 6.20. The standard InChI is InChI=1S/C22H25ClN2O2.BrH/c1-2-27-20-12-10-17(11-13-20)21(26)16-25(19-8-6-7-18(23)15-19)22-9-4-3-5-14-24-22;/h6-8,10-13,15H,2-5,9,14,16H2,1H3;1H. The highest BCUT2D eigenvalue weighted by atomic mass is 79.9. The number of halogens is 2. The number of rotatable bonds is 6. The van der Waals surface area contributed by atoms with Crippen LogP contribution in [0.3, 0.4) is 0 Å². The number of hydrogen-bond acceptors (Lipinski definition) is 4. The lowest BCUT2D eigenvalue weighted by Crippen LogP contribution is -2.36. The van der Waals surface area contributed by atoms with Gasteiger partial charge in [0.05, 0.1) is 13.2 Å². The summed E-state index contributed by atoms with van der Waals surface area (Å²) in [7, 11) is 0. The topological polar surface area (TPSA) is 41.9 Å². The zero-order valence-corrected chi connectivity index (χ0v) is 18.5. The molecule has 150 valence electrons. The maximum Gasteiger partial charge on any atom is 0.182 e. The highest BCUT2D eigenvalue weighted by Crippen LogP contribution is 2.23. The molecule has 3 rings (SSSR count). The predicted octanol–water partition coefficient (Wildman–Crippen LogP) is 5.98. The largest absolute Gasteiger partial charge is 0.494 e. The molecule has 0 radical (unpaired) electrons. The van der Waals surface area contributed by atoms with Crippen molar-refractivity contribution < 1.29 is 9.53 Å². The van der Waals surface area contributed by atoms with Gasteiger partial charge in [0.15, 0.2) is 5.78 Å². The lowest BCUT2D eigenvalue weighted by molar-refractivity contribution is 0.100. The minimum atomic E-state index is 0. The Morgan fingerprint density at radius 3 is 2.64 bits per heavy atom. The molecule has 0 fully saturated rings. The molecule has 0 aromatic heterocycles. The van der Waals surface area contributed by atoms with Crippen molar-refractivity contribution in [2.45, 2.75) is 32.6 Å². The van der Waals surface area contributed by atoms with Gasteiger partial charge in [-0.3, -0.25) is 9.79 Å². The van der Waals surface area contributed by atoms with E-state index in [0.29, 0.717) is 17.2 Å². The van der Waals surface area contributed by atoms with Crippen molar-refractivity contribution in [1.29, 1.82) is 0 Å². The Balaban J connectivity index is 0.00000280. The lowest BCUT2D eigenvalue weighted by Gasteiger charge is -2.26. The molecular formula is C22H26BrClN2O2. The molecule has 0 aliphatic carbocycles. The van der Waals surface area contributed by atoms with Gasteiger partial charge >= 0.3 is 0 Å². The van der Waals surface area contributed by atoms with Crippen molar-refractivity contribution in [3.8, 4) is 5.75 Å². The van der Waals surface area contributed by atoms with E-state index in [1.165, 1.54) is 6.42 Å². The van der Waals surface area contributed by atoms with Gasteiger partial charge in [0.2, 0.25) is 0 Å². The van der Waals surface area contributed by atoms with Gasteiger partial charge in [0, 0.05) is 29.2 Å². The minimum Gasteiger partial charge on any atom is -0.494 e. The van der Waals surface area contributed by atoms with Crippen LogP contribution >= 0.6 is 28.6 Å². The van der Waals surface area contributed by atoms with Crippen molar-refractivity contribution in [2.75, 3.05) is 24.6 Å². The number of hydrogen-bond donors (Lipinski definition) is 0. The average Bonchev–Trinajstić information content (AvgIpc) is 2.96. The van der Waals surface area contributed by atoms with Crippen molar-refractivity contribution in [2.24, 2.45) is 4.99 Å². The van der Waals surface area contributed by atoms with Gasteiger partial charge in [-0.2, -0.15) is 0 Å². The Morgan fingerprint density at radius 1 is 1.14 bits per heavy atom. The van der Waals surface area contributed by atoms with Crippen molar-refractivity contribution >= 4 is 45.9 Å². The zero-order chi connectivity index (χ0) is 19.1. The number of aliphatic imine (C=N–C) groups is 1. The molecule has 0 amide bonds. The van der Waals surface area contributed by atoms with E-state index in [-0.39, 0.29) is 29.3 Å². The van der Waals surface area contributed by atoms with Crippen molar-refractivity contribution in [3.63, 3.8) is 0 Å². The molecule has 0 saturated carbocycles. The van der Waals surface area contributed by atoms with Crippen LogP contribution in [0, 0.1) is 0 Å². The summed E-state index contributed by atoms with van der Waals surface area (Å²) in [6.07, 6.45) is 4.24. The second-order valence-electron chi connectivity index (χ2n) is 6.56. The third kappa shape index (κ3) is 6.08. The fourth-order valence-electron chi connectivity index (χ4n) is 3.19. The van der Waals surface area contributed by atoms with Crippen LogP contribution in [-0.4, -0.2) is 31.3 Å². The van der Waals surface area contributed by atoms with Crippen molar-refractivity contribution in [3.05, 3.63) is 59.1 Å². The van der Waals surface area contributed by atoms with Crippen LogP contribution in [-0.2, 0) is 0 Å². The first-order valence-corrected chi connectivity index (χ1v) is 9.87. The minimum absolute atomic E-state index is 0. The summed E-state index contributed by atoms with van der Waals surface area (Å²) in [5.41, 5.74) is 1.57. The molecule has 1 heterocycles. The van der Waals surface area contributed by atoms with Gasteiger partial charge in [0.25, 0.3) is 0 Å². The van der Waals surface area contributed by atoms with E-state index < -0.39 is 0 Å². The molecule has 2 aromatic carbocycles. The number of Topliss-reactive ketones (excluding diaryl/α,β-unsaturated/α-hetero) is 1.